The topological polar surface area (TPSA) is 70.6 Å². The highest BCUT2D eigenvalue weighted by atomic mass is 35.5. The van der Waals surface area contributed by atoms with E-state index < -0.39 is 6.10 Å². The van der Waals surface area contributed by atoms with Crippen molar-refractivity contribution in [2.24, 2.45) is 0 Å². The quantitative estimate of drug-likeness (QED) is 0.725. The van der Waals surface area contributed by atoms with Crippen molar-refractivity contribution in [1.29, 1.82) is 0 Å². The van der Waals surface area contributed by atoms with Crippen LogP contribution in [0.1, 0.15) is 4.88 Å². The summed E-state index contributed by atoms with van der Waals surface area (Å²) in [7, 11) is 0. The Labute approximate surface area is 137 Å². The van der Waals surface area contributed by atoms with Gasteiger partial charge in [0.15, 0.2) is 0 Å². The second-order valence-corrected chi connectivity index (χ2v) is 6.35. The third kappa shape index (κ3) is 5.93. The molecule has 2 amide bonds. The summed E-state index contributed by atoms with van der Waals surface area (Å²) >= 11 is 7.22. The fourth-order valence-electron chi connectivity index (χ4n) is 1.66. The van der Waals surface area contributed by atoms with Crippen LogP contribution in [0, 0.1) is 0 Å². The molecule has 0 unspecified atom stereocenters. The first-order chi connectivity index (χ1) is 10.6. The lowest BCUT2D eigenvalue weighted by atomic mass is 10.3. The number of rotatable bonds is 7. The average Bonchev–Trinajstić information content (AvgIpc) is 2.95. The number of hydrogen-bond donors (Lipinski definition) is 3. The van der Waals surface area contributed by atoms with E-state index in [4.69, 9.17) is 16.3 Å². The molecule has 2 rings (SSSR count). The summed E-state index contributed by atoms with van der Waals surface area (Å²) in [5.74, 6) is 0.681. The van der Waals surface area contributed by atoms with Crippen molar-refractivity contribution in [2.45, 2.75) is 12.6 Å². The number of halogens is 1. The highest BCUT2D eigenvalue weighted by molar-refractivity contribution is 7.16. The lowest BCUT2D eigenvalue weighted by molar-refractivity contribution is 0.108. The van der Waals surface area contributed by atoms with Crippen molar-refractivity contribution in [3.63, 3.8) is 0 Å². The third-order valence-corrected chi connectivity index (χ3v) is 3.97. The monoisotopic (exact) mass is 340 g/mol. The Balaban J connectivity index is 1.61. The molecule has 1 aromatic heterocycles. The van der Waals surface area contributed by atoms with E-state index in [0.717, 1.165) is 4.88 Å². The molecule has 118 valence electrons. The van der Waals surface area contributed by atoms with Crippen molar-refractivity contribution < 1.29 is 14.6 Å². The van der Waals surface area contributed by atoms with Gasteiger partial charge in [-0.1, -0.05) is 29.8 Å². The van der Waals surface area contributed by atoms with E-state index in [9.17, 15) is 9.90 Å². The third-order valence-electron chi connectivity index (χ3n) is 2.74. The predicted octanol–water partition coefficient (Wildman–Crippen LogP) is 2.64. The van der Waals surface area contributed by atoms with Crippen molar-refractivity contribution >= 4 is 29.0 Å². The maximum absolute atomic E-state index is 11.6. The zero-order valence-electron chi connectivity index (χ0n) is 11.8. The summed E-state index contributed by atoms with van der Waals surface area (Å²) in [5.41, 5.74) is 0. The van der Waals surface area contributed by atoms with Crippen LogP contribution in [0.15, 0.2) is 42.5 Å². The SMILES string of the molecule is O=C(NCc1ccc(Cl)s1)NC[C@H](O)COc1ccccc1. The summed E-state index contributed by atoms with van der Waals surface area (Å²) in [6.45, 7) is 0.633. The van der Waals surface area contributed by atoms with Crippen LogP contribution in [-0.2, 0) is 6.54 Å². The number of benzene rings is 1. The fourth-order valence-corrected chi connectivity index (χ4v) is 2.68. The zero-order chi connectivity index (χ0) is 15.8. The van der Waals surface area contributed by atoms with E-state index in [2.05, 4.69) is 10.6 Å². The van der Waals surface area contributed by atoms with Crippen molar-refractivity contribution in [3.05, 3.63) is 51.7 Å². The Morgan fingerprint density at radius 1 is 1.23 bits per heavy atom. The molecule has 0 aliphatic heterocycles. The number of ether oxygens (including phenoxy) is 1. The van der Waals surface area contributed by atoms with Crippen LogP contribution in [0.3, 0.4) is 0 Å². The molecule has 1 aromatic carbocycles. The van der Waals surface area contributed by atoms with Crippen LogP contribution in [0.5, 0.6) is 5.75 Å². The van der Waals surface area contributed by atoms with Crippen molar-refractivity contribution in [3.8, 4) is 5.75 Å². The van der Waals surface area contributed by atoms with Crippen LogP contribution >= 0.6 is 22.9 Å². The predicted molar refractivity (Wildman–Crippen MR) is 87.5 cm³/mol. The van der Waals surface area contributed by atoms with Crippen molar-refractivity contribution in [2.75, 3.05) is 13.2 Å². The molecular weight excluding hydrogens is 324 g/mol. The number of urea groups is 1. The molecule has 1 heterocycles. The molecule has 0 radical (unpaired) electrons. The molecule has 22 heavy (non-hydrogen) atoms. The van der Waals surface area contributed by atoms with E-state index in [1.807, 2.05) is 24.3 Å². The second-order valence-electron chi connectivity index (χ2n) is 4.55. The summed E-state index contributed by atoms with van der Waals surface area (Å²) in [6, 6.07) is 12.5. The largest absolute Gasteiger partial charge is 0.491 e. The average molecular weight is 341 g/mol. The number of carbonyl (C=O) groups is 1. The van der Waals surface area contributed by atoms with Crippen LogP contribution < -0.4 is 15.4 Å². The second kappa shape index (κ2) is 8.63. The molecule has 7 heteroatoms. The summed E-state index contributed by atoms with van der Waals surface area (Å²) in [4.78, 5) is 12.6. The van der Waals surface area contributed by atoms with Gasteiger partial charge in [0.05, 0.1) is 10.9 Å². The lowest BCUT2D eigenvalue weighted by Crippen LogP contribution is -2.40. The normalized spacial score (nSPS) is 11.7. The zero-order valence-corrected chi connectivity index (χ0v) is 13.4. The van der Waals surface area contributed by atoms with E-state index >= 15 is 0 Å². The van der Waals surface area contributed by atoms with E-state index in [1.165, 1.54) is 11.3 Å². The minimum Gasteiger partial charge on any atom is -0.491 e. The maximum Gasteiger partial charge on any atom is 0.315 e. The van der Waals surface area contributed by atoms with Gasteiger partial charge in [0, 0.05) is 11.4 Å². The Hall–Kier alpha value is -1.76. The minimum atomic E-state index is -0.776. The Morgan fingerprint density at radius 3 is 2.68 bits per heavy atom. The van der Waals surface area contributed by atoms with Gasteiger partial charge < -0.3 is 20.5 Å². The van der Waals surface area contributed by atoms with Crippen LogP contribution in [0.4, 0.5) is 4.79 Å². The number of carbonyl (C=O) groups excluding carboxylic acids is 1. The van der Waals surface area contributed by atoms with E-state index in [1.54, 1.807) is 18.2 Å². The minimum absolute atomic E-state index is 0.115. The van der Waals surface area contributed by atoms with Gasteiger partial charge in [0.1, 0.15) is 18.5 Å². The first-order valence-electron chi connectivity index (χ1n) is 6.75. The number of thiophene rings is 1. The van der Waals surface area contributed by atoms with Gasteiger partial charge in [0.25, 0.3) is 0 Å². The molecule has 0 aliphatic rings. The number of hydrogen-bond acceptors (Lipinski definition) is 4. The molecule has 5 nitrogen and oxygen atoms in total. The molecule has 1 atom stereocenters. The first kappa shape index (κ1) is 16.6. The summed E-state index contributed by atoms with van der Waals surface area (Å²) in [5, 5.41) is 15.0. The molecule has 0 aliphatic carbocycles. The standard InChI is InChI=1S/C15H17ClN2O3S/c16-14-7-6-13(22-14)9-18-15(20)17-8-11(19)10-21-12-4-2-1-3-5-12/h1-7,11,19H,8-10H2,(H2,17,18,20)/t11-/m0/s1. The summed E-state index contributed by atoms with van der Waals surface area (Å²) < 4.78 is 6.08. The van der Waals surface area contributed by atoms with Gasteiger partial charge >= 0.3 is 6.03 Å². The molecule has 0 fully saturated rings. The summed E-state index contributed by atoms with van der Waals surface area (Å²) in [6.07, 6.45) is -0.776. The Morgan fingerprint density at radius 2 is 2.00 bits per heavy atom. The molecule has 0 saturated heterocycles. The molecule has 0 bridgehead atoms. The van der Waals surface area contributed by atoms with Gasteiger partial charge in [0.2, 0.25) is 0 Å². The Kier molecular flexibility index (Phi) is 6.51. The smallest absolute Gasteiger partial charge is 0.315 e. The van der Waals surface area contributed by atoms with Gasteiger partial charge in [-0.25, -0.2) is 4.79 Å². The number of aliphatic hydroxyl groups is 1. The molecule has 2 aromatic rings. The van der Waals surface area contributed by atoms with Gasteiger partial charge in [-0.2, -0.15) is 0 Å². The number of nitrogens with one attached hydrogen (secondary N) is 2. The number of amides is 2. The molecule has 0 spiro atoms. The van der Waals surface area contributed by atoms with Crippen LogP contribution in [0.25, 0.3) is 0 Å². The van der Waals surface area contributed by atoms with Crippen LogP contribution in [-0.4, -0.2) is 30.4 Å². The Bertz CT molecular complexity index is 591. The lowest BCUT2D eigenvalue weighted by Gasteiger charge is -2.13. The molecular formula is C15H17ClN2O3S. The fraction of sp³-hybridized carbons (Fsp3) is 0.267. The first-order valence-corrected chi connectivity index (χ1v) is 7.95. The van der Waals surface area contributed by atoms with Gasteiger partial charge in [-0.3, -0.25) is 0 Å². The molecule has 0 saturated carbocycles. The highest BCUT2D eigenvalue weighted by Crippen LogP contribution is 2.20. The van der Waals surface area contributed by atoms with E-state index in [0.29, 0.717) is 16.6 Å². The van der Waals surface area contributed by atoms with Gasteiger partial charge in [-0.05, 0) is 24.3 Å². The van der Waals surface area contributed by atoms with Gasteiger partial charge in [-0.15, -0.1) is 11.3 Å². The number of aliphatic hydroxyl groups excluding tert-OH is 1. The highest BCUT2D eigenvalue weighted by Gasteiger charge is 2.08. The molecule has 3 N–H and O–H groups in total. The van der Waals surface area contributed by atoms with Crippen molar-refractivity contribution in [1.82, 2.24) is 10.6 Å². The van der Waals surface area contributed by atoms with Crippen LogP contribution in [0.2, 0.25) is 4.34 Å². The van der Waals surface area contributed by atoms with E-state index in [-0.39, 0.29) is 19.2 Å². The maximum atomic E-state index is 11.6. The number of para-hydroxylation sites is 1.